The molecule has 42 heavy (non-hydrogen) atoms. The van der Waals surface area contributed by atoms with Gasteiger partial charge in [0, 0.05) is 9.75 Å². The molecule has 218 valence electrons. The highest BCUT2D eigenvalue weighted by molar-refractivity contribution is 7.14. The van der Waals surface area contributed by atoms with E-state index in [4.69, 9.17) is 18.2 Å². The first-order valence-electron chi connectivity index (χ1n) is 15.6. The number of thiophene rings is 2. The molecule has 0 spiro atoms. The molecular weight excluding hydrogens is 577 g/mol. The summed E-state index contributed by atoms with van der Waals surface area (Å²) in [4.78, 5) is 2.25. The number of aromatic nitrogens is 2. The van der Waals surface area contributed by atoms with Gasteiger partial charge in [0.05, 0.1) is 29.0 Å². The van der Waals surface area contributed by atoms with Crippen LogP contribution in [0.3, 0.4) is 0 Å². The third-order valence-corrected chi connectivity index (χ3v) is 11.5. The molecule has 2 saturated carbocycles. The number of benzene rings is 2. The molecule has 7 rings (SSSR count). The van der Waals surface area contributed by atoms with Crippen molar-refractivity contribution in [1.29, 1.82) is 0 Å². The van der Waals surface area contributed by atoms with E-state index in [0.29, 0.717) is 0 Å². The normalized spacial score (nSPS) is 20.3. The van der Waals surface area contributed by atoms with Gasteiger partial charge in [-0.25, -0.2) is 0 Å². The SMILES string of the molecule is Cc1ccc(Oc2c(OC3CCC(C4CCCCCCC4)CC3)c(-c3cccs3)c3nsnc3c2-c2cccs2)cc1. The first-order chi connectivity index (χ1) is 20.7. The van der Waals surface area contributed by atoms with Crippen molar-refractivity contribution in [2.45, 2.75) is 83.7 Å². The van der Waals surface area contributed by atoms with E-state index in [9.17, 15) is 0 Å². The Morgan fingerprint density at radius 2 is 1.21 bits per heavy atom. The highest BCUT2D eigenvalue weighted by Crippen LogP contribution is 2.54. The summed E-state index contributed by atoms with van der Waals surface area (Å²) in [6.45, 7) is 2.10. The third-order valence-electron chi connectivity index (χ3n) is 9.22. The molecule has 3 heterocycles. The smallest absolute Gasteiger partial charge is 0.180 e. The van der Waals surface area contributed by atoms with Gasteiger partial charge in [0.2, 0.25) is 0 Å². The van der Waals surface area contributed by atoms with Crippen LogP contribution in [0.2, 0.25) is 0 Å². The molecule has 4 nitrogen and oxygen atoms in total. The summed E-state index contributed by atoms with van der Waals surface area (Å²) in [6, 6.07) is 16.8. The van der Waals surface area contributed by atoms with Crippen molar-refractivity contribution >= 4 is 45.4 Å². The largest absolute Gasteiger partial charge is 0.486 e. The third kappa shape index (κ3) is 5.88. The van der Waals surface area contributed by atoms with Crippen LogP contribution in [-0.2, 0) is 0 Å². The minimum atomic E-state index is 0.161. The van der Waals surface area contributed by atoms with Crippen LogP contribution in [-0.4, -0.2) is 14.9 Å². The molecule has 3 aromatic heterocycles. The van der Waals surface area contributed by atoms with Crippen LogP contribution in [0.4, 0.5) is 0 Å². The van der Waals surface area contributed by atoms with Crippen LogP contribution < -0.4 is 9.47 Å². The van der Waals surface area contributed by atoms with E-state index in [1.165, 1.54) is 75.1 Å². The van der Waals surface area contributed by atoms with Gasteiger partial charge >= 0.3 is 0 Å². The second kappa shape index (κ2) is 12.9. The van der Waals surface area contributed by atoms with E-state index in [0.717, 1.165) is 73.8 Å². The maximum atomic E-state index is 7.16. The predicted molar refractivity (Wildman–Crippen MR) is 177 cm³/mol. The van der Waals surface area contributed by atoms with Crippen molar-refractivity contribution in [2.75, 3.05) is 0 Å². The molecule has 0 amide bonds. The summed E-state index contributed by atoms with van der Waals surface area (Å²) in [5, 5.41) is 4.24. The van der Waals surface area contributed by atoms with Gasteiger partial charge in [-0.05, 0) is 79.5 Å². The first kappa shape index (κ1) is 28.1. The van der Waals surface area contributed by atoms with Crippen LogP contribution in [0.25, 0.3) is 31.9 Å². The fourth-order valence-corrected chi connectivity index (χ4v) is 9.09. The number of rotatable bonds is 7. The Kier molecular flexibility index (Phi) is 8.59. The van der Waals surface area contributed by atoms with Crippen molar-refractivity contribution in [3.8, 4) is 38.1 Å². The summed E-state index contributed by atoms with van der Waals surface area (Å²) >= 11 is 4.69. The highest BCUT2D eigenvalue weighted by Gasteiger charge is 2.33. The molecule has 2 aliphatic rings. The van der Waals surface area contributed by atoms with Crippen LogP contribution in [0, 0.1) is 18.8 Å². The van der Waals surface area contributed by atoms with E-state index in [-0.39, 0.29) is 6.10 Å². The Morgan fingerprint density at radius 3 is 1.81 bits per heavy atom. The summed E-state index contributed by atoms with van der Waals surface area (Å²) in [6.07, 6.45) is 14.8. The highest BCUT2D eigenvalue weighted by atomic mass is 32.1. The monoisotopic (exact) mass is 614 g/mol. The second-order valence-electron chi connectivity index (χ2n) is 12.0. The fourth-order valence-electron chi connectivity index (χ4n) is 7.00. The Morgan fingerprint density at radius 1 is 0.643 bits per heavy atom. The van der Waals surface area contributed by atoms with Crippen LogP contribution in [0.1, 0.15) is 76.2 Å². The van der Waals surface area contributed by atoms with Crippen molar-refractivity contribution in [3.05, 3.63) is 64.9 Å². The standard InChI is InChI=1S/C35H38N2O2S3/c1-23-13-17-26(18-14-23)38-34-30(28-11-7-21-40-28)32-33(37-42-36-32)31(29-12-8-22-41-29)35(34)39-27-19-15-25(16-20-27)24-9-5-3-2-4-6-10-24/h7-8,11-14,17-18,21-22,24-25,27H,2-6,9-10,15-16,19-20H2,1H3. The molecule has 2 aromatic carbocycles. The first-order valence-corrected chi connectivity index (χ1v) is 18.0. The summed E-state index contributed by atoms with van der Waals surface area (Å²) in [7, 11) is 0. The lowest BCUT2D eigenvalue weighted by molar-refractivity contribution is 0.101. The predicted octanol–water partition coefficient (Wildman–Crippen LogP) is 11.5. The second-order valence-corrected chi connectivity index (χ2v) is 14.4. The van der Waals surface area contributed by atoms with E-state index in [1.807, 2.05) is 12.1 Å². The zero-order valence-corrected chi connectivity index (χ0v) is 26.7. The van der Waals surface area contributed by atoms with Crippen molar-refractivity contribution in [1.82, 2.24) is 8.75 Å². The topological polar surface area (TPSA) is 44.2 Å². The summed E-state index contributed by atoms with van der Waals surface area (Å²) in [5.74, 6) is 4.12. The minimum Gasteiger partial charge on any atom is -0.486 e. The molecule has 5 aromatic rings. The van der Waals surface area contributed by atoms with E-state index in [2.05, 4.69) is 54.1 Å². The Labute approximate surface area is 261 Å². The number of hydrogen-bond acceptors (Lipinski definition) is 7. The summed E-state index contributed by atoms with van der Waals surface area (Å²) in [5.41, 5.74) is 4.98. The van der Waals surface area contributed by atoms with Crippen LogP contribution in [0.5, 0.6) is 17.2 Å². The zero-order chi connectivity index (χ0) is 28.3. The van der Waals surface area contributed by atoms with Crippen LogP contribution >= 0.6 is 34.4 Å². The Bertz CT molecular complexity index is 1580. The van der Waals surface area contributed by atoms with Crippen LogP contribution in [0.15, 0.2) is 59.3 Å². The molecule has 0 bridgehead atoms. The molecule has 0 aliphatic heterocycles. The zero-order valence-electron chi connectivity index (χ0n) is 24.2. The summed E-state index contributed by atoms with van der Waals surface area (Å²) < 4.78 is 23.7. The molecular formula is C35H38N2O2S3. The molecule has 0 unspecified atom stereocenters. The molecule has 2 aliphatic carbocycles. The molecule has 0 atom stereocenters. The Balaban J connectivity index is 1.29. The lowest BCUT2D eigenvalue weighted by Crippen LogP contribution is -2.28. The quantitative estimate of drug-likeness (QED) is 0.183. The molecule has 0 N–H and O–H groups in total. The Hall–Kier alpha value is -2.74. The number of hydrogen-bond donors (Lipinski definition) is 0. The van der Waals surface area contributed by atoms with E-state index >= 15 is 0 Å². The average Bonchev–Trinajstić information content (AvgIpc) is 3.79. The minimum absolute atomic E-state index is 0.161. The molecule has 7 heteroatoms. The van der Waals surface area contributed by atoms with Gasteiger partial charge in [-0.2, -0.15) is 8.75 Å². The van der Waals surface area contributed by atoms with Gasteiger partial charge in [-0.15, -0.1) is 22.7 Å². The van der Waals surface area contributed by atoms with Crippen molar-refractivity contribution < 1.29 is 9.47 Å². The van der Waals surface area contributed by atoms with Gasteiger partial charge in [0.1, 0.15) is 16.8 Å². The maximum absolute atomic E-state index is 7.16. The number of ether oxygens (including phenoxy) is 2. The number of aryl methyl sites for hydroxylation is 1. The van der Waals surface area contributed by atoms with Gasteiger partial charge in [-0.3, -0.25) is 0 Å². The molecule has 0 radical (unpaired) electrons. The van der Waals surface area contributed by atoms with Gasteiger partial charge < -0.3 is 9.47 Å². The lowest BCUT2D eigenvalue weighted by Gasteiger charge is -2.35. The number of nitrogens with zero attached hydrogens (tertiary/aromatic N) is 2. The molecule has 0 saturated heterocycles. The van der Waals surface area contributed by atoms with Crippen molar-refractivity contribution in [3.63, 3.8) is 0 Å². The molecule has 2 fully saturated rings. The number of fused-ring (bicyclic) bond motifs is 1. The fraction of sp³-hybridized carbons (Fsp3) is 0.429. The lowest BCUT2D eigenvalue weighted by atomic mass is 9.74. The van der Waals surface area contributed by atoms with Crippen molar-refractivity contribution in [2.24, 2.45) is 11.8 Å². The van der Waals surface area contributed by atoms with Gasteiger partial charge in [0.15, 0.2) is 11.5 Å². The average molecular weight is 615 g/mol. The maximum Gasteiger partial charge on any atom is 0.180 e. The van der Waals surface area contributed by atoms with Gasteiger partial charge in [-0.1, -0.05) is 74.8 Å². The van der Waals surface area contributed by atoms with E-state index in [1.54, 1.807) is 22.7 Å². The van der Waals surface area contributed by atoms with E-state index < -0.39 is 0 Å². The van der Waals surface area contributed by atoms with Gasteiger partial charge in [0.25, 0.3) is 0 Å².